The monoisotopic (exact) mass is 220 g/mol. The quantitative estimate of drug-likeness (QED) is 0.563. The lowest BCUT2D eigenvalue weighted by atomic mass is 10.2. The van der Waals surface area contributed by atoms with Gasteiger partial charge in [-0.3, -0.25) is 0 Å². The Kier molecular flexibility index (Phi) is 2.67. The van der Waals surface area contributed by atoms with Gasteiger partial charge in [-0.25, -0.2) is 0 Å². The minimum atomic E-state index is 0.0204. The molecule has 0 aromatic carbocycles. The van der Waals surface area contributed by atoms with E-state index >= 15 is 0 Å². The van der Waals surface area contributed by atoms with Gasteiger partial charge in [0.1, 0.15) is 0 Å². The zero-order valence-electron chi connectivity index (χ0n) is 8.63. The molecule has 84 valence electrons. The van der Waals surface area contributed by atoms with Crippen LogP contribution >= 0.6 is 0 Å². The standard InChI is InChI=1S/C9H12N6O/c10-7-6(14-16)8(13-9(11)12-7)15-4-2-1-3-5-15/h1-2H,3-5H2,(H4,10,11,12,13). The number of hydrogen-bond donors (Lipinski definition) is 2. The molecule has 4 N–H and O–H groups in total. The molecule has 0 saturated heterocycles. The van der Waals surface area contributed by atoms with Gasteiger partial charge in [0.15, 0.2) is 17.3 Å². The van der Waals surface area contributed by atoms with Gasteiger partial charge in [0.2, 0.25) is 5.95 Å². The lowest BCUT2D eigenvalue weighted by molar-refractivity contribution is 0.805. The third-order valence-corrected chi connectivity index (χ3v) is 2.36. The van der Waals surface area contributed by atoms with Gasteiger partial charge in [-0.2, -0.15) is 9.97 Å². The summed E-state index contributed by atoms with van der Waals surface area (Å²) in [4.78, 5) is 20.3. The Morgan fingerprint density at radius 1 is 1.31 bits per heavy atom. The van der Waals surface area contributed by atoms with Crippen molar-refractivity contribution in [1.29, 1.82) is 0 Å². The highest BCUT2D eigenvalue weighted by Gasteiger charge is 2.18. The first-order valence-corrected chi connectivity index (χ1v) is 4.88. The largest absolute Gasteiger partial charge is 0.382 e. The van der Waals surface area contributed by atoms with Crippen molar-refractivity contribution in [1.82, 2.24) is 9.97 Å². The molecule has 0 bridgehead atoms. The van der Waals surface area contributed by atoms with Crippen LogP contribution in [0, 0.1) is 4.91 Å². The number of hydrogen-bond acceptors (Lipinski definition) is 7. The predicted octanol–water partition coefficient (Wildman–Crippen LogP) is 0.805. The van der Waals surface area contributed by atoms with Crippen molar-refractivity contribution in [2.45, 2.75) is 6.42 Å². The van der Waals surface area contributed by atoms with E-state index in [1.165, 1.54) is 0 Å². The average Bonchev–Trinajstić information content (AvgIpc) is 2.29. The van der Waals surface area contributed by atoms with Crippen LogP contribution in [0.4, 0.5) is 23.3 Å². The van der Waals surface area contributed by atoms with Crippen molar-refractivity contribution in [3.63, 3.8) is 0 Å². The summed E-state index contributed by atoms with van der Waals surface area (Å²) in [5, 5.41) is 2.87. The van der Waals surface area contributed by atoms with Gasteiger partial charge in [-0.15, -0.1) is 4.91 Å². The van der Waals surface area contributed by atoms with Crippen LogP contribution in [0.1, 0.15) is 6.42 Å². The SMILES string of the molecule is Nc1nc(N)c(N=O)c(N2CC=CCC2)n1. The number of anilines is 3. The van der Waals surface area contributed by atoms with Gasteiger partial charge in [-0.1, -0.05) is 12.2 Å². The van der Waals surface area contributed by atoms with E-state index in [4.69, 9.17) is 11.5 Å². The highest BCUT2D eigenvalue weighted by Crippen LogP contribution is 2.32. The first kappa shape index (κ1) is 10.3. The Balaban J connectivity index is 2.45. The third kappa shape index (κ3) is 1.79. The molecule has 0 fully saturated rings. The van der Waals surface area contributed by atoms with Crippen LogP contribution in [-0.4, -0.2) is 23.1 Å². The van der Waals surface area contributed by atoms with Gasteiger partial charge in [0.25, 0.3) is 0 Å². The summed E-state index contributed by atoms with van der Waals surface area (Å²) in [5.74, 6) is 0.478. The second kappa shape index (κ2) is 4.13. The Bertz CT molecular complexity index is 444. The van der Waals surface area contributed by atoms with Crippen molar-refractivity contribution < 1.29 is 0 Å². The molecule has 1 aromatic rings. The second-order valence-electron chi connectivity index (χ2n) is 3.44. The molecular weight excluding hydrogens is 208 g/mol. The van der Waals surface area contributed by atoms with E-state index in [0.29, 0.717) is 12.4 Å². The van der Waals surface area contributed by atoms with Crippen LogP contribution in [0.25, 0.3) is 0 Å². The number of aromatic nitrogens is 2. The summed E-state index contributed by atoms with van der Waals surface area (Å²) in [5.41, 5.74) is 11.1. The maximum absolute atomic E-state index is 10.7. The zero-order valence-corrected chi connectivity index (χ0v) is 8.63. The van der Waals surface area contributed by atoms with Gasteiger partial charge in [-0.05, 0) is 11.6 Å². The summed E-state index contributed by atoms with van der Waals surface area (Å²) < 4.78 is 0. The van der Waals surface area contributed by atoms with Crippen LogP contribution in [0.15, 0.2) is 17.3 Å². The fourth-order valence-corrected chi connectivity index (χ4v) is 1.62. The Morgan fingerprint density at radius 3 is 2.75 bits per heavy atom. The van der Waals surface area contributed by atoms with Gasteiger partial charge in [0.05, 0.1) is 0 Å². The molecule has 0 spiro atoms. The number of rotatable bonds is 2. The molecular formula is C9H12N6O. The summed E-state index contributed by atoms with van der Waals surface area (Å²) in [6.45, 7) is 1.42. The van der Waals surface area contributed by atoms with E-state index in [-0.39, 0.29) is 17.5 Å². The fraction of sp³-hybridized carbons (Fsp3) is 0.333. The topological polar surface area (TPSA) is 110 Å². The molecule has 2 rings (SSSR count). The normalized spacial score (nSPS) is 15.1. The average molecular weight is 220 g/mol. The summed E-state index contributed by atoms with van der Waals surface area (Å²) in [7, 11) is 0. The molecule has 1 aliphatic rings. The van der Waals surface area contributed by atoms with Crippen LogP contribution in [0.3, 0.4) is 0 Å². The molecule has 0 aliphatic carbocycles. The number of nitroso groups, excluding NO2 is 1. The summed E-state index contributed by atoms with van der Waals surface area (Å²) >= 11 is 0. The molecule has 1 aromatic heterocycles. The first-order valence-electron chi connectivity index (χ1n) is 4.88. The van der Waals surface area contributed by atoms with Gasteiger partial charge in [0, 0.05) is 13.1 Å². The van der Waals surface area contributed by atoms with Crippen molar-refractivity contribution in [3.8, 4) is 0 Å². The molecule has 16 heavy (non-hydrogen) atoms. The lowest BCUT2D eigenvalue weighted by Crippen LogP contribution is -2.28. The van der Waals surface area contributed by atoms with Crippen molar-refractivity contribution >= 4 is 23.3 Å². The molecule has 0 unspecified atom stereocenters. The van der Waals surface area contributed by atoms with Gasteiger partial charge < -0.3 is 16.4 Å². The highest BCUT2D eigenvalue weighted by molar-refractivity contribution is 5.74. The van der Waals surface area contributed by atoms with E-state index in [9.17, 15) is 4.91 Å². The molecule has 0 amide bonds. The fourth-order valence-electron chi connectivity index (χ4n) is 1.62. The molecule has 2 heterocycles. The van der Waals surface area contributed by atoms with E-state index in [1.807, 2.05) is 11.0 Å². The molecule has 7 nitrogen and oxygen atoms in total. The van der Waals surface area contributed by atoms with E-state index in [0.717, 1.165) is 13.0 Å². The Labute approximate surface area is 92.1 Å². The molecule has 0 saturated carbocycles. The molecule has 0 atom stereocenters. The van der Waals surface area contributed by atoms with Crippen molar-refractivity contribution in [2.24, 2.45) is 5.18 Å². The summed E-state index contributed by atoms with van der Waals surface area (Å²) in [6, 6.07) is 0. The zero-order chi connectivity index (χ0) is 11.5. The van der Waals surface area contributed by atoms with Crippen molar-refractivity contribution in [2.75, 3.05) is 29.5 Å². The third-order valence-electron chi connectivity index (χ3n) is 2.36. The van der Waals surface area contributed by atoms with Crippen LogP contribution in [0.5, 0.6) is 0 Å². The Hall–Kier alpha value is -2.18. The first-order chi connectivity index (χ1) is 7.72. The van der Waals surface area contributed by atoms with Crippen molar-refractivity contribution in [3.05, 3.63) is 17.1 Å². The van der Waals surface area contributed by atoms with Crippen LogP contribution in [-0.2, 0) is 0 Å². The predicted molar refractivity (Wildman–Crippen MR) is 62.3 cm³/mol. The van der Waals surface area contributed by atoms with E-state index in [2.05, 4.69) is 21.2 Å². The van der Waals surface area contributed by atoms with Crippen LogP contribution in [0.2, 0.25) is 0 Å². The maximum Gasteiger partial charge on any atom is 0.224 e. The summed E-state index contributed by atoms with van der Waals surface area (Å²) in [6.07, 6.45) is 4.95. The van der Waals surface area contributed by atoms with Gasteiger partial charge >= 0.3 is 0 Å². The minimum Gasteiger partial charge on any atom is -0.382 e. The minimum absolute atomic E-state index is 0.0204. The number of nitrogens with two attached hydrogens (primary N) is 2. The molecule has 1 aliphatic heterocycles. The number of nitrogens with zero attached hydrogens (tertiary/aromatic N) is 4. The Morgan fingerprint density at radius 2 is 2.12 bits per heavy atom. The smallest absolute Gasteiger partial charge is 0.224 e. The molecule has 7 heteroatoms. The van der Waals surface area contributed by atoms with Crippen LogP contribution < -0.4 is 16.4 Å². The maximum atomic E-state index is 10.7. The highest BCUT2D eigenvalue weighted by atomic mass is 16.3. The lowest BCUT2D eigenvalue weighted by Gasteiger charge is -2.25. The molecule has 0 radical (unpaired) electrons. The number of nitrogen functional groups attached to an aromatic ring is 2. The van der Waals surface area contributed by atoms with E-state index in [1.54, 1.807) is 0 Å². The second-order valence-corrected chi connectivity index (χ2v) is 3.44. The van der Waals surface area contributed by atoms with E-state index < -0.39 is 0 Å².